The van der Waals surface area contributed by atoms with Crippen LogP contribution in [0.1, 0.15) is 87.7 Å². The summed E-state index contributed by atoms with van der Waals surface area (Å²) in [6.45, 7) is 0.533. The standard InChI is InChI=1S/C84H80B2N4OS/c1-7-25-57(26-8-1)59-43-47-65(48-44-59)88(66-49-45-60(46-50-66)58-27-9-2-10-28-58)67-51-77-83-80(53-67)91-79-42-24-21-39-71(79)86(83)72-55-73-81(56-76(72)90(77)74-40-22-19-37-69(74)61-29-11-3-12-30-61)92-82-54-68(87(62-31-13-4-14-32-62)63-33-15-5-16-34-63)52-78-84(82)85(73)70-38-20-23-41-75(70)89(78)64-35-17-6-18-36-64/h1-43,55-56,60,65-68,73,77-78,80-84H,44-54H2. The van der Waals surface area contributed by atoms with Crippen LogP contribution in [0.4, 0.5) is 28.4 Å². The lowest BCUT2D eigenvalue weighted by atomic mass is 9.23. The van der Waals surface area contributed by atoms with E-state index in [9.17, 15) is 0 Å². The highest BCUT2D eigenvalue weighted by atomic mass is 32.2. The first kappa shape index (κ1) is 56.6. The number of rotatable bonds is 11. The maximum Gasteiger partial charge on any atom is 0.225 e. The molecule has 0 spiro atoms. The highest BCUT2D eigenvalue weighted by Crippen LogP contribution is 2.62. The summed E-state index contributed by atoms with van der Waals surface area (Å²) in [6.07, 6.45) is 21.1. The van der Waals surface area contributed by atoms with Crippen LogP contribution in [-0.2, 0) is 0 Å². The van der Waals surface area contributed by atoms with Crippen LogP contribution in [0.3, 0.4) is 0 Å². The zero-order chi connectivity index (χ0) is 60.6. The molecule has 9 aromatic carbocycles. The minimum atomic E-state index is 0.0455. The van der Waals surface area contributed by atoms with E-state index in [0.717, 1.165) is 44.3 Å². The van der Waals surface area contributed by atoms with Gasteiger partial charge in [0.2, 0.25) is 6.71 Å². The number of anilines is 5. The van der Waals surface area contributed by atoms with Gasteiger partial charge in [-0.2, -0.15) is 11.8 Å². The van der Waals surface area contributed by atoms with Crippen LogP contribution in [-0.4, -0.2) is 71.2 Å². The van der Waals surface area contributed by atoms with Crippen molar-refractivity contribution in [2.75, 3.05) is 14.7 Å². The van der Waals surface area contributed by atoms with Crippen LogP contribution < -0.4 is 30.4 Å². The van der Waals surface area contributed by atoms with Gasteiger partial charge in [-0.05, 0) is 177 Å². The summed E-state index contributed by atoms with van der Waals surface area (Å²) in [5.74, 6) is 2.69. The lowest BCUT2D eigenvalue weighted by Crippen LogP contribution is -2.68. The van der Waals surface area contributed by atoms with Crippen molar-refractivity contribution in [1.82, 2.24) is 4.90 Å². The Morgan fingerprint density at radius 2 is 1.07 bits per heavy atom. The van der Waals surface area contributed by atoms with Crippen molar-refractivity contribution in [3.63, 3.8) is 0 Å². The molecule has 8 heteroatoms. The molecule has 2 saturated heterocycles. The summed E-state index contributed by atoms with van der Waals surface area (Å²) in [4.78, 5) is 11.7. The molecule has 9 aliphatic rings. The maximum absolute atomic E-state index is 7.77. The highest BCUT2D eigenvalue weighted by Gasteiger charge is 2.63. The summed E-state index contributed by atoms with van der Waals surface area (Å²) in [7, 11) is 0. The second kappa shape index (κ2) is 24.1. The topological polar surface area (TPSA) is 22.2 Å². The van der Waals surface area contributed by atoms with Gasteiger partial charge in [0.25, 0.3) is 0 Å². The van der Waals surface area contributed by atoms with Crippen LogP contribution in [0.15, 0.2) is 284 Å². The van der Waals surface area contributed by atoms with E-state index in [-0.39, 0.29) is 42.0 Å². The Bertz CT molecular complexity index is 4160. The van der Waals surface area contributed by atoms with Gasteiger partial charge in [0.15, 0.2) is 6.71 Å². The number of hydrogen-bond acceptors (Lipinski definition) is 6. The smallest absolute Gasteiger partial charge is 0.225 e. The zero-order valence-electron chi connectivity index (χ0n) is 52.5. The van der Waals surface area contributed by atoms with Gasteiger partial charge in [-0.3, -0.25) is 4.90 Å². The van der Waals surface area contributed by atoms with Crippen LogP contribution in [0.2, 0.25) is 17.5 Å². The second-order valence-corrected chi connectivity index (χ2v) is 29.5. The van der Waals surface area contributed by atoms with E-state index in [0.29, 0.717) is 47.6 Å². The number of nitrogens with zero attached hydrogens (tertiary/aromatic N) is 4. The van der Waals surface area contributed by atoms with Gasteiger partial charge in [-0.25, -0.2) is 0 Å². The van der Waals surface area contributed by atoms with Crippen LogP contribution in [0.25, 0.3) is 16.7 Å². The minimum absolute atomic E-state index is 0.0455. The Morgan fingerprint density at radius 1 is 0.467 bits per heavy atom. The summed E-state index contributed by atoms with van der Waals surface area (Å²) in [6, 6.07) is 98.6. The van der Waals surface area contributed by atoms with E-state index in [1.54, 1.807) is 0 Å². The summed E-state index contributed by atoms with van der Waals surface area (Å²) in [5.41, 5.74) is 19.4. The molecule has 4 aliphatic heterocycles. The molecule has 5 aliphatic carbocycles. The molecule has 5 fully saturated rings. The number of ether oxygens (including phenoxy) is 1. The Kier molecular flexibility index (Phi) is 14.8. The van der Waals surface area contributed by atoms with Crippen molar-refractivity contribution in [3.05, 3.63) is 295 Å². The summed E-state index contributed by atoms with van der Waals surface area (Å²) in [5, 5.41) is 0.660. The Balaban J connectivity index is 0.797. The molecular formula is C84H80B2N4OS. The van der Waals surface area contributed by atoms with E-state index in [4.69, 9.17) is 4.74 Å². The highest BCUT2D eigenvalue weighted by molar-refractivity contribution is 8.01. The van der Waals surface area contributed by atoms with Crippen molar-refractivity contribution < 1.29 is 4.74 Å². The predicted octanol–water partition coefficient (Wildman–Crippen LogP) is 18.4. The molecule has 3 saturated carbocycles. The average molecular weight is 1220 g/mol. The van der Waals surface area contributed by atoms with Gasteiger partial charge >= 0.3 is 0 Å². The fraction of sp³-hybridized carbons (Fsp3) is 0.286. The monoisotopic (exact) mass is 1210 g/mol. The zero-order valence-corrected chi connectivity index (χ0v) is 53.3. The molecule has 5 nitrogen and oxygen atoms in total. The van der Waals surface area contributed by atoms with Gasteiger partial charge in [0, 0.05) is 92.3 Å². The maximum atomic E-state index is 7.77. The summed E-state index contributed by atoms with van der Waals surface area (Å²) < 4.78 is 7.77. The molecule has 0 amide bonds. The van der Waals surface area contributed by atoms with Crippen molar-refractivity contribution in [2.24, 2.45) is 0 Å². The number of para-hydroxylation sites is 6. The Morgan fingerprint density at radius 3 is 1.77 bits per heavy atom. The Hall–Kier alpha value is -8.16. The van der Waals surface area contributed by atoms with Crippen molar-refractivity contribution >= 4 is 70.1 Å². The second-order valence-electron chi connectivity index (χ2n) is 28.1. The van der Waals surface area contributed by atoms with Crippen molar-refractivity contribution in [3.8, 4) is 16.9 Å². The molecule has 0 bridgehead atoms. The van der Waals surface area contributed by atoms with Crippen molar-refractivity contribution in [1.29, 1.82) is 0 Å². The van der Waals surface area contributed by atoms with Gasteiger partial charge in [-0.1, -0.05) is 223 Å². The number of hydrogen-bond donors (Lipinski definition) is 0. The number of allylic oxidation sites excluding steroid dienone is 3. The van der Waals surface area contributed by atoms with E-state index in [1.807, 2.05) is 0 Å². The molecule has 4 heterocycles. The first-order chi connectivity index (χ1) is 45.6. The van der Waals surface area contributed by atoms with Crippen LogP contribution in [0.5, 0.6) is 5.75 Å². The SMILES string of the molecule is C1=C2B3c4ccccc4OC4CC(N(C5CC=C(c6ccccc6)CC5)C5CCC(c6ccccc6)CC5)CC(C34)N(c3ccccc3-c3ccccc3)C2=CC2SC3CC(N(c4ccccc4)c4ccccc4)CC4C3B(c3ccccc3N4c3ccccc3)C12. The van der Waals surface area contributed by atoms with Gasteiger partial charge in [0.1, 0.15) is 5.75 Å². The molecule has 92 heavy (non-hydrogen) atoms. The molecule has 11 unspecified atom stereocenters. The number of fused-ring (bicyclic) bond motifs is 8. The molecule has 454 valence electrons. The van der Waals surface area contributed by atoms with Crippen LogP contribution in [0, 0.1) is 0 Å². The number of benzene rings is 9. The van der Waals surface area contributed by atoms with E-state index in [1.165, 1.54) is 110 Å². The molecular weight excluding hydrogens is 1130 g/mol. The number of thioether (sulfide) groups is 1. The van der Waals surface area contributed by atoms with E-state index < -0.39 is 0 Å². The first-order valence-corrected chi connectivity index (χ1v) is 35.8. The molecule has 9 aromatic rings. The molecule has 11 atom stereocenters. The molecule has 18 rings (SSSR count). The third-order valence-corrected chi connectivity index (χ3v) is 25.1. The van der Waals surface area contributed by atoms with Crippen molar-refractivity contribution in [2.45, 2.75) is 147 Å². The van der Waals surface area contributed by atoms with Gasteiger partial charge in [-0.15, -0.1) is 0 Å². The van der Waals surface area contributed by atoms with Gasteiger partial charge in [0.05, 0.1) is 6.10 Å². The quantitative estimate of drug-likeness (QED) is 0.120. The average Bonchev–Trinajstić information content (AvgIpc) is 0.698. The fourth-order valence-electron chi connectivity index (χ4n) is 19.9. The first-order valence-electron chi connectivity index (χ1n) is 34.8. The van der Waals surface area contributed by atoms with Gasteiger partial charge < -0.3 is 19.4 Å². The molecule has 0 aromatic heterocycles. The van der Waals surface area contributed by atoms with E-state index >= 15 is 0 Å². The lowest BCUT2D eigenvalue weighted by Gasteiger charge is -2.62. The Labute approximate surface area is 550 Å². The molecule has 0 radical (unpaired) electrons. The predicted molar refractivity (Wildman–Crippen MR) is 388 cm³/mol. The molecule has 0 N–H and O–H groups in total. The summed E-state index contributed by atoms with van der Waals surface area (Å²) >= 11 is 2.33. The third-order valence-electron chi connectivity index (χ3n) is 23.5. The fourth-order valence-corrected chi connectivity index (χ4v) is 21.8. The minimum Gasteiger partial charge on any atom is -0.491 e. The van der Waals surface area contributed by atoms with E-state index in [2.05, 4.69) is 304 Å². The largest absolute Gasteiger partial charge is 0.491 e. The normalized spacial score (nSPS) is 28.3. The van der Waals surface area contributed by atoms with Crippen LogP contribution >= 0.6 is 11.8 Å². The lowest BCUT2D eigenvalue weighted by molar-refractivity contribution is -0.00210. The third kappa shape index (κ3) is 9.87.